The minimum atomic E-state index is -0.743. The van der Waals surface area contributed by atoms with E-state index < -0.39 is 11.9 Å². The van der Waals surface area contributed by atoms with E-state index in [0.29, 0.717) is 11.5 Å². The van der Waals surface area contributed by atoms with E-state index in [0.717, 1.165) is 16.7 Å². The van der Waals surface area contributed by atoms with Crippen LogP contribution in [0.3, 0.4) is 0 Å². The molecule has 1 aromatic heterocycles. The minimum Gasteiger partial charge on any atom is -0.326 e. The number of carbonyl (C=O) groups is 2. The van der Waals surface area contributed by atoms with Crippen molar-refractivity contribution in [2.24, 2.45) is 0 Å². The number of hydrogen-bond donors (Lipinski definition) is 2. The average molecular weight is 364 g/mol. The van der Waals surface area contributed by atoms with Crippen LogP contribution in [-0.2, 0) is 9.59 Å². The molecular weight excluding hydrogens is 347 g/mol. The average Bonchev–Trinajstić information content (AvgIpc) is 3.16. The van der Waals surface area contributed by atoms with Gasteiger partial charge in [-0.25, -0.2) is 9.07 Å². The van der Waals surface area contributed by atoms with Crippen molar-refractivity contribution in [3.05, 3.63) is 66.1 Å². The highest BCUT2D eigenvalue weighted by atomic mass is 19.1. The van der Waals surface area contributed by atoms with Gasteiger partial charge in [0.05, 0.1) is 12.6 Å². The van der Waals surface area contributed by atoms with Crippen molar-refractivity contribution in [2.45, 2.75) is 19.4 Å². The second-order valence-corrected chi connectivity index (χ2v) is 6.49. The lowest BCUT2D eigenvalue weighted by molar-refractivity contribution is -0.123. The molecule has 7 heteroatoms. The largest absolute Gasteiger partial charge is 0.326 e. The molecule has 0 saturated carbocycles. The Bertz CT molecular complexity index is 1030. The zero-order valence-corrected chi connectivity index (χ0v) is 14.6. The second kappa shape index (κ2) is 6.68. The standard InChI is InChI=1S/C20H17FN4O2/c1-12-5-7-13(8-6-12)16-11-22-25-17(20(27)24-19(16)25)10-18(26)23-15-4-2-3-14(21)9-15/h2-9,11,17H,10H2,1H3,(H,23,26)(H,24,27). The highest BCUT2D eigenvalue weighted by Crippen LogP contribution is 2.35. The first-order valence-corrected chi connectivity index (χ1v) is 8.52. The van der Waals surface area contributed by atoms with Crippen molar-refractivity contribution in [1.29, 1.82) is 0 Å². The van der Waals surface area contributed by atoms with Crippen molar-refractivity contribution in [3.8, 4) is 11.1 Å². The molecule has 0 fully saturated rings. The third-order valence-corrected chi connectivity index (χ3v) is 4.48. The summed E-state index contributed by atoms with van der Waals surface area (Å²) in [5.41, 5.74) is 3.22. The maximum Gasteiger partial charge on any atom is 0.251 e. The molecule has 2 N–H and O–H groups in total. The summed E-state index contributed by atoms with van der Waals surface area (Å²) in [4.78, 5) is 24.7. The maximum atomic E-state index is 13.2. The number of rotatable bonds is 4. The first-order chi connectivity index (χ1) is 13.0. The van der Waals surface area contributed by atoms with Gasteiger partial charge < -0.3 is 10.6 Å². The predicted octanol–water partition coefficient (Wildman–Crippen LogP) is 3.52. The van der Waals surface area contributed by atoms with Crippen LogP contribution in [0, 0.1) is 12.7 Å². The fourth-order valence-corrected chi connectivity index (χ4v) is 3.11. The van der Waals surface area contributed by atoms with Gasteiger partial charge in [-0.1, -0.05) is 35.9 Å². The van der Waals surface area contributed by atoms with Gasteiger partial charge in [0.2, 0.25) is 5.91 Å². The van der Waals surface area contributed by atoms with Gasteiger partial charge in [-0.3, -0.25) is 9.59 Å². The third kappa shape index (κ3) is 3.31. The van der Waals surface area contributed by atoms with Crippen LogP contribution in [0.4, 0.5) is 15.9 Å². The van der Waals surface area contributed by atoms with Gasteiger partial charge in [-0.15, -0.1) is 0 Å². The van der Waals surface area contributed by atoms with E-state index >= 15 is 0 Å². The van der Waals surface area contributed by atoms with Crippen molar-refractivity contribution in [2.75, 3.05) is 10.6 Å². The van der Waals surface area contributed by atoms with Crippen LogP contribution in [0.5, 0.6) is 0 Å². The molecule has 0 saturated heterocycles. The molecule has 4 rings (SSSR count). The van der Waals surface area contributed by atoms with Crippen LogP contribution >= 0.6 is 0 Å². The number of halogens is 1. The topological polar surface area (TPSA) is 76.0 Å². The first-order valence-electron chi connectivity index (χ1n) is 8.52. The fraction of sp³-hybridized carbons (Fsp3) is 0.150. The molecule has 0 bridgehead atoms. The van der Waals surface area contributed by atoms with Gasteiger partial charge in [-0.2, -0.15) is 5.10 Å². The monoisotopic (exact) mass is 364 g/mol. The number of amides is 2. The predicted molar refractivity (Wildman–Crippen MR) is 99.7 cm³/mol. The van der Waals surface area contributed by atoms with Crippen molar-refractivity contribution < 1.29 is 14.0 Å². The SMILES string of the molecule is Cc1ccc(-c2cnn3c2NC(=O)C3CC(=O)Nc2cccc(F)c2)cc1. The molecule has 0 aliphatic carbocycles. The van der Waals surface area contributed by atoms with E-state index in [1.807, 2.05) is 31.2 Å². The zero-order chi connectivity index (χ0) is 19.0. The number of carbonyl (C=O) groups excluding carboxylic acids is 2. The molecule has 1 atom stereocenters. The molecule has 1 unspecified atom stereocenters. The molecule has 1 aliphatic heterocycles. The molecule has 2 heterocycles. The Labute approximate surface area is 155 Å². The maximum absolute atomic E-state index is 13.2. The summed E-state index contributed by atoms with van der Waals surface area (Å²) in [5.74, 6) is -0.544. The van der Waals surface area contributed by atoms with Crippen LogP contribution in [0.2, 0.25) is 0 Å². The molecular formula is C20H17FN4O2. The Balaban J connectivity index is 1.54. The van der Waals surface area contributed by atoms with Crippen molar-refractivity contribution in [1.82, 2.24) is 9.78 Å². The molecule has 0 radical (unpaired) electrons. The van der Waals surface area contributed by atoms with E-state index in [-0.39, 0.29) is 18.2 Å². The lowest BCUT2D eigenvalue weighted by Gasteiger charge is -2.10. The summed E-state index contributed by atoms with van der Waals surface area (Å²) in [6.07, 6.45) is 1.58. The lowest BCUT2D eigenvalue weighted by atomic mass is 10.1. The second-order valence-electron chi connectivity index (χ2n) is 6.49. The Morgan fingerprint density at radius 3 is 2.78 bits per heavy atom. The normalized spacial score (nSPS) is 15.3. The van der Waals surface area contributed by atoms with Gasteiger partial charge in [0, 0.05) is 11.3 Å². The minimum absolute atomic E-state index is 0.0929. The summed E-state index contributed by atoms with van der Waals surface area (Å²) in [5, 5.41) is 9.71. The Morgan fingerprint density at radius 2 is 2.04 bits per heavy atom. The van der Waals surface area contributed by atoms with E-state index in [4.69, 9.17) is 0 Å². The quantitative estimate of drug-likeness (QED) is 0.744. The Hall–Kier alpha value is -3.48. The summed E-state index contributed by atoms with van der Waals surface area (Å²) in [7, 11) is 0. The van der Waals surface area contributed by atoms with E-state index in [1.54, 1.807) is 12.3 Å². The highest BCUT2D eigenvalue weighted by Gasteiger charge is 2.35. The van der Waals surface area contributed by atoms with Crippen molar-refractivity contribution in [3.63, 3.8) is 0 Å². The van der Waals surface area contributed by atoms with E-state index in [2.05, 4.69) is 15.7 Å². The molecule has 2 aromatic carbocycles. The van der Waals surface area contributed by atoms with Crippen molar-refractivity contribution >= 4 is 23.3 Å². The summed E-state index contributed by atoms with van der Waals surface area (Å²) < 4.78 is 14.8. The first kappa shape index (κ1) is 17.0. The third-order valence-electron chi connectivity index (χ3n) is 4.48. The number of aryl methyl sites for hydroxylation is 1. The number of nitrogens with one attached hydrogen (secondary N) is 2. The van der Waals surface area contributed by atoms with Crippen LogP contribution < -0.4 is 10.6 Å². The number of benzene rings is 2. The molecule has 2 amide bonds. The molecule has 136 valence electrons. The van der Waals surface area contributed by atoms with Crippen LogP contribution in [0.15, 0.2) is 54.7 Å². The van der Waals surface area contributed by atoms with E-state index in [1.165, 1.54) is 22.9 Å². The number of nitrogens with zero attached hydrogens (tertiary/aromatic N) is 2. The molecule has 0 spiro atoms. The Morgan fingerprint density at radius 1 is 1.26 bits per heavy atom. The lowest BCUT2D eigenvalue weighted by Crippen LogP contribution is -2.23. The molecule has 1 aliphatic rings. The molecule has 3 aromatic rings. The fourth-order valence-electron chi connectivity index (χ4n) is 3.11. The molecule has 27 heavy (non-hydrogen) atoms. The van der Waals surface area contributed by atoms with Crippen LogP contribution in [0.1, 0.15) is 18.0 Å². The number of aromatic nitrogens is 2. The highest BCUT2D eigenvalue weighted by molar-refractivity contribution is 6.04. The Kier molecular flexibility index (Phi) is 4.19. The number of anilines is 2. The van der Waals surface area contributed by atoms with Gasteiger partial charge in [0.1, 0.15) is 17.7 Å². The van der Waals surface area contributed by atoms with Crippen LogP contribution in [-0.4, -0.2) is 21.6 Å². The summed E-state index contributed by atoms with van der Waals surface area (Å²) in [6.45, 7) is 2.00. The number of fused-ring (bicyclic) bond motifs is 1. The molecule has 6 nitrogen and oxygen atoms in total. The summed E-state index contributed by atoms with van der Waals surface area (Å²) in [6, 6.07) is 12.8. The van der Waals surface area contributed by atoms with E-state index in [9.17, 15) is 14.0 Å². The van der Waals surface area contributed by atoms with Gasteiger partial charge in [-0.05, 0) is 30.7 Å². The van der Waals surface area contributed by atoms with Gasteiger partial charge in [0.25, 0.3) is 5.91 Å². The van der Waals surface area contributed by atoms with Gasteiger partial charge >= 0.3 is 0 Å². The number of hydrogen-bond acceptors (Lipinski definition) is 3. The zero-order valence-electron chi connectivity index (χ0n) is 14.6. The van der Waals surface area contributed by atoms with Crippen LogP contribution in [0.25, 0.3) is 11.1 Å². The van der Waals surface area contributed by atoms with Gasteiger partial charge in [0.15, 0.2) is 0 Å². The smallest absolute Gasteiger partial charge is 0.251 e. The summed E-state index contributed by atoms with van der Waals surface area (Å²) >= 11 is 0.